The van der Waals surface area contributed by atoms with Crippen LogP contribution in [0.2, 0.25) is 10.0 Å². The molecule has 0 saturated heterocycles. The van der Waals surface area contributed by atoms with Crippen LogP contribution in [0.5, 0.6) is 0 Å². The lowest BCUT2D eigenvalue weighted by molar-refractivity contribution is -0.139. The molecule has 1 atom stereocenters. The maximum absolute atomic E-state index is 14.0. The molecule has 0 spiro atoms. The third kappa shape index (κ3) is 8.22. The van der Waals surface area contributed by atoms with Crippen LogP contribution in [0.1, 0.15) is 37.8 Å². The summed E-state index contributed by atoms with van der Waals surface area (Å²) in [7, 11) is -4.25. The van der Waals surface area contributed by atoms with Crippen LogP contribution in [0, 0.1) is 6.92 Å². The van der Waals surface area contributed by atoms with Crippen molar-refractivity contribution in [3.8, 4) is 0 Å². The summed E-state index contributed by atoms with van der Waals surface area (Å²) in [4.78, 5) is 28.4. The minimum atomic E-state index is -4.25. The number of carbonyl (C=O) groups is 2. The van der Waals surface area contributed by atoms with Crippen LogP contribution in [0.15, 0.2) is 76.1 Å². The highest BCUT2D eigenvalue weighted by Crippen LogP contribution is 2.33. The van der Waals surface area contributed by atoms with E-state index in [1.54, 1.807) is 19.1 Å². The van der Waals surface area contributed by atoms with E-state index in [4.69, 9.17) is 23.2 Å². The summed E-state index contributed by atoms with van der Waals surface area (Å²) in [5, 5.41) is 3.23. The monoisotopic (exact) mass is 667 g/mol. The minimum absolute atomic E-state index is 0.00848. The van der Waals surface area contributed by atoms with Gasteiger partial charge in [0, 0.05) is 22.6 Å². The quantitative estimate of drug-likeness (QED) is 0.221. The Morgan fingerprint density at radius 1 is 1.02 bits per heavy atom. The second kappa shape index (κ2) is 14.3. The SMILES string of the molecule is CCCCNC(=O)[C@@H](C)N(Cc1cccc(Br)c1)C(=O)CN(c1cc(Cl)ccc1Cl)S(=O)(=O)c1ccc(C)cc1. The van der Waals surface area contributed by atoms with E-state index >= 15 is 0 Å². The van der Waals surface area contributed by atoms with Gasteiger partial charge in [0.25, 0.3) is 10.0 Å². The number of nitrogens with one attached hydrogen (secondary N) is 1. The number of sulfonamides is 1. The summed E-state index contributed by atoms with van der Waals surface area (Å²) >= 11 is 16.1. The van der Waals surface area contributed by atoms with Gasteiger partial charge in [-0.25, -0.2) is 8.42 Å². The zero-order chi connectivity index (χ0) is 29.4. The largest absolute Gasteiger partial charge is 0.354 e. The Bertz CT molecular complexity index is 1450. The van der Waals surface area contributed by atoms with E-state index in [2.05, 4.69) is 21.2 Å². The number of hydrogen-bond donors (Lipinski definition) is 1. The van der Waals surface area contributed by atoms with E-state index < -0.39 is 28.5 Å². The van der Waals surface area contributed by atoms with Gasteiger partial charge < -0.3 is 10.2 Å². The summed E-state index contributed by atoms with van der Waals surface area (Å²) < 4.78 is 29.6. The molecule has 11 heteroatoms. The number of hydrogen-bond acceptors (Lipinski definition) is 4. The number of benzene rings is 3. The first-order valence-corrected chi connectivity index (χ1v) is 15.8. The Kier molecular flexibility index (Phi) is 11.5. The van der Waals surface area contributed by atoms with E-state index in [-0.39, 0.29) is 33.1 Å². The fraction of sp³-hybridized carbons (Fsp3) is 0.310. The number of rotatable bonds is 12. The number of anilines is 1. The lowest BCUT2D eigenvalue weighted by atomic mass is 10.1. The molecule has 40 heavy (non-hydrogen) atoms. The standard InChI is InChI=1S/C29H32BrCl2N3O4S/c1-4-5-15-33-29(37)21(3)34(18-22-7-6-8-23(30)16-22)28(36)19-35(27-17-24(31)11-14-26(27)32)40(38,39)25-12-9-20(2)10-13-25/h6-14,16-17,21H,4-5,15,18-19H2,1-3H3,(H,33,37)/t21-/m1/s1. The number of halogens is 3. The van der Waals surface area contributed by atoms with Crippen molar-refractivity contribution in [1.82, 2.24) is 10.2 Å². The van der Waals surface area contributed by atoms with Crippen molar-refractivity contribution in [1.29, 1.82) is 0 Å². The zero-order valence-electron chi connectivity index (χ0n) is 22.5. The van der Waals surface area contributed by atoms with Crippen molar-refractivity contribution in [2.45, 2.75) is 51.1 Å². The van der Waals surface area contributed by atoms with Gasteiger partial charge in [0.15, 0.2) is 0 Å². The van der Waals surface area contributed by atoms with Crippen molar-refractivity contribution < 1.29 is 18.0 Å². The molecule has 0 unspecified atom stereocenters. The van der Waals surface area contributed by atoms with Crippen LogP contribution in [-0.4, -0.2) is 44.3 Å². The first-order valence-electron chi connectivity index (χ1n) is 12.8. The van der Waals surface area contributed by atoms with Gasteiger partial charge in [-0.1, -0.05) is 82.3 Å². The van der Waals surface area contributed by atoms with Crippen molar-refractivity contribution >= 4 is 66.7 Å². The number of aryl methyl sites for hydroxylation is 1. The summed E-state index contributed by atoms with van der Waals surface area (Å²) in [5.74, 6) is -0.907. The van der Waals surface area contributed by atoms with E-state index in [9.17, 15) is 18.0 Å². The molecular formula is C29H32BrCl2N3O4S. The van der Waals surface area contributed by atoms with E-state index in [1.165, 1.54) is 35.2 Å². The Labute approximate surface area is 254 Å². The Morgan fingerprint density at radius 2 is 1.73 bits per heavy atom. The molecule has 3 aromatic carbocycles. The molecule has 0 fully saturated rings. The predicted molar refractivity (Wildman–Crippen MR) is 164 cm³/mol. The van der Waals surface area contributed by atoms with Crippen LogP contribution < -0.4 is 9.62 Å². The molecule has 1 N–H and O–H groups in total. The van der Waals surface area contributed by atoms with Gasteiger partial charge >= 0.3 is 0 Å². The van der Waals surface area contributed by atoms with Crippen molar-refractivity contribution in [3.63, 3.8) is 0 Å². The van der Waals surface area contributed by atoms with Gasteiger partial charge in [-0.3, -0.25) is 13.9 Å². The molecule has 7 nitrogen and oxygen atoms in total. The van der Waals surface area contributed by atoms with Gasteiger partial charge in [-0.05, 0) is 68.3 Å². The summed E-state index contributed by atoms with van der Waals surface area (Å²) in [6, 6.07) is 17.2. The second-order valence-corrected chi connectivity index (χ2v) is 13.0. The average molecular weight is 669 g/mol. The van der Waals surface area contributed by atoms with Gasteiger partial charge in [-0.15, -0.1) is 0 Å². The number of amides is 2. The maximum Gasteiger partial charge on any atom is 0.264 e. The van der Waals surface area contributed by atoms with E-state index in [1.807, 2.05) is 38.1 Å². The molecule has 0 aliphatic carbocycles. The van der Waals surface area contributed by atoms with Gasteiger partial charge in [0.1, 0.15) is 12.6 Å². The lowest BCUT2D eigenvalue weighted by Gasteiger charge is -2.32. The molecule has 0 aliphatic rings. The highest BCUT2D eigenvalue weighted by molar-refractivity contribution is 9.10. The fourth-order valence-electron chi connectivity index (χ4n) is 3.98. The highest BCUT2D eigenvalue weighted by atomic mass is 79.9. The zero-order valence-corrected chi connectivity index (χ0v) is 26.4. The normalized spacial score (nSPS) is 12.1. The average Bonchev–Trinajstić information content (AvgIpc) is 2.91. The molecule has 3 rings (SSSR count). The summed E-state index contributed by atoms with van der Waals surface area (Å²) in [6.07, 6.45) is 1.70. The number of nitrogens with zero attached hydrogens (tertiary/aromatic N) is 2. The molecule has 0 saturated carbocycles. The molecule has 0 aromatic heterocycles. The van der Waals surface area contributed by atoms with Crippen LogP contribution in [-0.2, 0) is 26.2 Å². The molecule has 2 amide bonds. The molecular weight excluding hydrogens is 637 g/mol. The first-order chi connectivity index (χ1) is 18.9. The molecule has 3 aromatic rings. The van der Waals surface area contributed by atoms with Crippen LogP contribution in [0.3, 0.4) is 0 Å². The van der Waals surface area contributed by atoms with E-state index in [0.717, 1.165) is 32.7 Å². The molecule has 214 valence electrons. The Hall–Kier alpha value is -2.59. The lowest BCUT2D eigenvalue weighted by Crippen LogP contribution is -2.51. The van der Waals surface area contributed by atoms with E-state index in [0.29, 0.717) is 6.54 Å². The summed E-state index contributed by atoms with van der Waals surface area (Å²) in [6.45, 7) is 5.45. The molecule has 0 radical (unpaired) electrons. The van der Waals surface area contributed by atoms with Crippen LogP contribution in [0.25, 0.3) is 0 Å². The Morgan fingerprint density at radius 3 is 2.38 bits per heavy atom. The smallest absolute Gasteiger partial charge is 0.264 e. The van der Waals surface area contributed by atoms with Crippen molar-refractivity contribution in [2.75, 3.05) is 17.4 Å². The van der Waals surface area contributed by atoms with Gasteiger partial charge in [-0.2, -0.15) is 0 Å². The number of unbranched alkanes of at least 4 members (excludes halogenated alkanes) is 1. The Balaban J connectivity index is 2.04. The molecule has 0 aliphatic heterocycles. The van der Waals surface area contributed by atoms with Crippen molar-refractivity contribution in [3.05, 3.63) is 92.4 Å². The maximum atomic E-state index is 14.0. The van der Waals surface area contributed by atoms with Crippen LogP contribution >= 0.6 is 39.1 Å². The minimum Gasteiger partial charge on any atom is -0.354 e. The first kappa shape index (κ1) is 31.9. The second-order valence-electron chi connectivity index (χ2n) is 9.39. The summed E-state index contributed by atoms with van der Waals surface area (Å²) in [5.41, 5.74) is 1.71. The highest BCUT2D eigenvalue weighted by Gasteiger charge is 2.33. The van der Waals surface area contributed by atoms with Crippen LogP contribution in [0.4, 0.5) is 5.69 Å². The third-order valence-electron chi connectivity index (χ3n) is 6.30. The predicted octanol–water partition coefficient (Wildman–Crippen LogP) is 6.59. The number of carbonyl (C=O) groups excluding carboxylic acids is 2. The fourth-order valence-corrected chi connectivity index (χ4v) is 6.29. The van der Waals surface area contributed by atoms with Gasteiger partial charge in [0.2, 0.25) is 11.8 Å². The topological polar surface area (TPSA) is 86.8 Å². The molecule has 0 bridgehead atoms. The third-order valence-corrected chi connectivity index (χ3v) is 9.13. The molecule has 0 heterocycles. The van der Waals surface area contributed by atoms with Crippen molar-refractivity contribution in [2.24, 2.45) is 0 Å². The van der Waals surface area contributed by atoms with Gasteiger partial charge in [0.05, 0.1) is 15.6 Å².